The fraction of sp³-hybridized carbons (Fsp3) is 0.316. The van der Waals surface area contributed by atoms with Gasteiger partial charge in [0.15, 0.2) is 18.1 Å². The van der Waals surface area contributed by atoms with Gasteiger partial charge in [0.05, 0.1) is 13.7 Å². The normalized spacial score (nSPS) is 10.1. The van der Waals surface area contributed by atoms with Crippen LogP contribution in [0.1, 0.15) is 11.1 Å². The summed E-state index contributed by atoms with van der Waals surface area (Å²) in [6, 6.07) is 13.1. The number of carbonyl (C=O) groups is 1. The van der Waals surface area contributed by atoms with E-state index in [0.29, 0.717) is 24.7 Å². The third-order valence-corrected chi connectivity index (χ3v) is 3.60. The summed E-state index contributed by atoms with van der Waals surface area (Å²) in [5.74, 6) is 1.74. The number of hydrogen-bond acceptors (Lipinski definition) is 4. The molecule has 24 heavy (non-hydrogen) atoms. The maximum atomic E-state index is 11.8. The minimum atomic E-state index is -0.204. The Morgan fingerprint density at radius 3 is 2.46 bits per heavy atom. The molecule has 0 atom stereocenters. The van der Waals surface area contributed by atoms with E-state index in [9.17, 15) is 4.79 Å². The van der Waals surface area contributed by atoms with Crippen molar-refractivity contribution in [3.63, 3.8) is 0 Å². The molecule has 0 aliphatic rings. The molecule has 5 heteroatoms. The predicted octanol–water partition coefficient (Wildman–Crippen LogP) is 2.89. The molecular formula is C19H23NO4. The number of carbonyl (C=O) groups excluding carboxylic acids is 1. The minimum Gasteiger partial charge on any atom is -0.493 e. The summed E-state index contributed by atoms with van der Waals surface area (Å²) in [6.45, 7) is 4.86. The van der Waals surface area contributed by atoms with Gasteiger partial charge in [-0.15, -0.1) is 0 Å². The number of rotatable bonds is 8. The van der Waals surface area contributed by atoms with Crippen LogP contribution in [0.3, 0.4) is 0 Å². The molecule has 0 heterocycles. The van der Waals surface area contributed by atoms with Crippen molar-refractivity contribution >= 4 is 5.91 Å². The van der Waals surface area contributed by atoms with Gasteiger partial charge in [-0.1, -0.05) is 18.2 Å². The highest BCUT2D eigenvalue weighted by atomic mass is 16.5. The van der Waals surface area contributed by atoms with Gasteiger partial charge in [0.25, 0.3) is 5.91 Å². The van der Waals surface area contributed by atoms with Crippen molar-refractivity contribution in [2.24, 2.45) is 0 Å². The topological polar surface area (TPSA) is 56.8 Å². The van der Waals surface area contributed by atoms with Crippen LogP contribution < -0.4 is 19.5 Å². The average Bonchev–Trinajstić information content (AvgIpc) is 2.60. The van der Waals surface area contributed by atoms with Crippen LogP contribution in [0.15, 0.2) is 42.5 Å². The van der Waals surface area contributed by atoms with Gasteiger partial charge in [-0.25, -0.2) is 0 Å². The number of nitrogens with one attached hydrogen (secondary N) is 1. The van der Waals surface area contributed by atoms with E-state index in [4.69, 9.17) is 14.2 Å². The van der Waals surface area contributed by atoms with E-state index in [1.54, 1.807) is 19.2 Å². The fourth-order valence-corrected chi connectivity index (χ4v) is 2.10. The number of benzene rings is 2. The van der Waals surface area contributed by atoms with Crippen molar-refractivity contribution < 1.29 is 19.0 Å². The van der Waals surface area contributed by atoms with E-state index in [1.165, 1.54) is 11.1 Å². The summed E-state index contributed by atoms with van der Waals surface area (Å²) < 4.78 is 16.2. The Hall–Kier alpha value is -2.69. The van der Waals surface area contributed by atoms with E-state index in [1.807, 2.05) is 37.3 Å². The maximum absolute atomic E-state index is 11.8. The van der Waals surface area contributed by atoms with Gasteiger partial charge in [0, 0.05) is 0 Å². The summed E-state index contributed by atoms with van der Waals surface area (Å²) >= 11 is 0. The average molecular weight is 329 g/mol. The van der Waals surface area contributed by atoms with E-state index in [2.05, 4.69) is 12.2 Å². The lowest BCUT2D eigenvalue weighted by atomic mass is 10.1. The molecular weight excluding hydrogens is 306 g/mol. The zero-order valence-corrected chi connectivity index (χ0v) is 14.3. The standard InChI is InChI=1S/C19H23NO4/c1-14-8-9-16(12-15(14)2)23-11-10-20-19(21)13-24-18-7-5-4-6-17(18)22-3/h4-9,12H,10-11,13H2,1-3H3,(H,20,21). The zero-order chi connectivity index (χ0) is 17.4. The summed E-state index contributed by atoms with van der Waals surface area (Å²) in [7, 11) is 1.56. The molecule has 0 bridgehead atoms. The number of hydrogen-bond donors (Lipinski definition) is 1. The van der Waals surface area contributed by atoms with Gasteiger partial charge >= 0.3 is 0 Å². The van der Waals surface area contributed by atoms with E-state index in [-0.39, 0.29) is 12.5 Å². The van der Waals surface area contributed by atoms with Gasteiger partial charge in [0.2, 0.25) is 0 Å². The zero-order valence-electron chi connectivity index (χ0n) is 14.3. The van der Waals surface area contributed by atoms with Crippen LogP contribution in [0.25, 0.3) is 0 Å². The quantitative estimate of drug-likeness (QED) is 0.757. The Bertz CT molecular complexity index is 685. The van der Waals surface area contributed by atoms with Crippen molar-refractivity contribution in [2.45, 2.75) is 13.8 Å². The maximum Gasteiger partial charge on any atom is 0.258 e. The van der Waals surface area contributed by atoms with Crippen LogP contribution in [0.4, 0.5) is 0 Å². The Kier molecular flexibility index (Phi) is 6.49. The molecule has 0 unspecified atom stereocenters. The van der Waals surface area contributed by atoms with Crippen LogP contribution in [0, 0.1) is 13.8 Å². The SMILES string of the molecule is COc1ccccc1OCC(=O)NCCOc1ccc(C)c(C)c1. The first kappa shape index (κ1) is 17.7. The summed E-state index contributed by atoms with van der Waals surface area (Å²) in [5, 5.41) is 2.76. The number of methoxy groups -OCH3 is 1. The van der Waals surface area contributed by atoms with Gasteiger partial charge < -0.3 is 19.5 Å². The third kappa shape index (κ3) is 5.19. The number of amides is 1. The van der Waals surface area contributed by atoms with Crippen LogP contribution in [-0.2, 0) is 4.79 Å². The van der Waals surface area contributed by atoms with Crippen molar-refractivity contribution in [1.82, 2.24) is 5.32 Å². The fourth-order valence-electron chi connectivity index (χ4n) is 2.10. The van der Waals surface area contributed by atoms with Crippen LogP contribution >= 0.6 is 0 Å². The first-order chi connectivity index (χ1) is 11.6. The molecule has 5 nitrogen and oxygen atoms in total. The van der Waals surface area contributed by atoms with E-state index < -0.39 is 0 Å². The lowest BCUT2D eigenvalue weighted by molar-refractivity contribution is -0.123. The molecule has 2 aromatic carbocycles. The summed E-state index contributed by atoms with van der Waals surface area (Å²) in [6.07, 6.45) is 0. The molecule has 0 aromatic heterocycles. The molecule has 0 spiro atoms. The Morgan fingerprint density at radius 2 is 1.75 bits per heavy atom. The molecule has 0 saturated heterocycles. The molecule has 0 aliphatic heterocycles. The Balaban J connectivity index is 1.69. The smallest absolute Gasteiger partial charge is 0.258 e. The van der Waals surface area contributed by atoms with Gasteiger partial charge in [0.1, 0.15) is 12.4 Å². The van der Waals surface area contributed by atoms with Crippen LogP contribution in [0.5, 0.6) is 17.2 Å². The summed E-state index contributed by atoms with van der Waals surface area (Å²) in [5.41, 5.74) is 2.41. The van der Waals surface area contributed by atoms with Crippen LogP contribution in [0.2, 0.25) is 0 Å². The highest BCUT2D eigenvalue weighted by molar-refractivity contribution is 5.77. The van der Waals surface area contributed by atoms with Crippen molar-refractivity contribution in [2.75, 3.05) is 26.9 Å². The first-order valence-corrected chi connectivity index (χ1v) is 7.82. The second-order valence-corrected chi connectivity index (χ2v) is 5.38. The molecule has 1 N–H and O–H groups in total. The summed E-state index contributed by atoms with van der Waals surface area (Å²) in [4.78, 5) is 11.8. The number of ether oxygens (including phenoxy) is 3. The van der Waals surface area contributed by atoms with E-state index >= 15 is 0 Å². The molecule has 0 radical (unpaired) electrons. The van der Waals surface area contributed by atoms with Crippen molar-refractivity contribution in [3.05, 3.63) is 53.6 Å². The minimum absolute atomic E-state index is 0.0655. The highest BCUT2D eigenvalue weighted by Crippen LogP contribution is 2.25. The molecule has 128 valence electrons. The Labute approximate surface area is 142 Å². The van der Waals surface area contributed by atoms with E-state index in [0.717, 1.165) is 5.75 Å². The molecule has 2 aromatic rings. The first-order valence-electron chi connectivity index (χ1n) is 7.82. The van der Waals surface area contributed by atoms with Crippen LogP contribution in [-0.4, -0.2) is 32.8 Å². The monoisotopic (exact) mass is 329 g/mol. The number of para-hydroxylation sites is 2. The largest absolute Gasteiger partial charge is 0.493 e. The van der Waals surface area contributed by atoms with Gasteiger partial charge in [-0.05, 0) is 49.2 Å². The molecule has 0 saturated carbocycles. The van der Waals surface area contributed by atoms with Crippen molar-refractivity contribution in [1.29, 1.82) is 0 Å². The molecule has 0 aliphatic carbocycles. The lowest BCUT2D eigenvalue weighted by Crippen LogP contribution is -2.32. The second-order valence-electron chi connectivity index (χ2n) is 5.38. The predicted molar refractivity (Wildman–Crippen MR) is 92.9 cm³/mol. The van der Waals surface area contributed by atoms with Crippen molar-refractivity contribution in [3.8, 4) is 17.2 Å². The molecule has 1 amide bonds. The lowest BCUT2D eigenvalue weighted by Gasteiger charge is -2.11. The van der Waals surface area contributed by atoms with Gasteiger partial charge in [-0.2, -0.15) is 0 Å². The number of aryl methyl sites for hydroxylation is 2. The Morgan fingerprint density at radius 1 is 1.00 bits per heavy atom. The van der Waals surface area contributed by atoms with Gasteiger partial charge in [-0.3, -0.25) is 4.79 Å². The molecule has 2 rings (SSSR count). The third-order valence-electron chi connectivity index (χ3n) is 3.60. The molecule has 0 fully saturated rings. The highest BCUT2D eigenvalue weighted by Gasteiger charge is 2.06. The second kappa shape index (κ2) is 8.82.